The summed E-state index contributed by atoms with van der Waals surface area (Å²) in [7, 11) is -0.513. The Bertz CT molecular complexity index is 416. The van der Waals surface area contributed by atoms with Crippen molar-refractivity contribution >= 4 is 32.6 Å². The van der Waals surface area contributed by atoms with Crippen molar-refractivity contribution in [1.82, 2.24) is 0 Å². The zero-order chi connectivity index (χ0) is 19.1. The number of alkyl halides is 13. The lowest BCUT2D eigenvalue weighted by Crippen LogP contribution is -2.70. The van der Waals surface area contributed by atoms with Crippen LogP contribution in [0.5, 0.6) is 0 Å². The molecule has 24 heavy (non-hydrogen) atoms. The monoisotopic (exact) mass is 522 g/mol. The van der Waals surface area contributed by atoms with E-state index in [2.05, 4.69) is 0 Å². The third-order valence-corrected chi connectivity index (χ3v) is 3.44. The maximum atomic E-state index is 13.0. The lowest BCUT2D eigenvalue weighted by atomic mass is 9.93. The highest BCUT2D eigenvalue weighted by atomic mass is 127. The van der Waals surface area contributed by atoms with E-state index in [1.165, 1.54) is 0 Å². The molecular formula is C9H9F13IP. The molecule has 0 fully saturated rings. The summed E-state index contributed by atoms with van der Waals surface area (Å²) in [5, 5.41) is 0. The number of hydrogen-bond donors (Lipinski definition) is 0. The molecule has 0 aliphatic rings. The zero-order valence-electron chi connectivity index (χ0n) is 11.2. The molecule has 0 nitrogen and oxygen atoms in total. The fourth-order valence-corrected chi connectivity index (χ4v) is 1.80. The Hall–Kier alpha value is 0.250. The maximum absolute atomic E-state index is 13.0. The molecule has 0 aliphatic heterocycles. The van der Waals surface area contributed by atoms with Gasteiger partial charge in [0.25, 0.3) is 0 Å². The van der Waals surface area contributed by atoms with Gasteiger partial charge in [-0.1, -0.05) is 0 Å². The highest BCUT2D eigenvalue weighted by Gasteiger charge is 2.90. The molecule has 0 N–H and O–H groups in total. The average Bonchev–Trinajstić information content (AvgIpc) is 2.34. The van der Waals surface area contributed by atoms with E-state index in [1.54, 1.807) is 0 Å². The van der Waals surface area contributed by atoms with Crippen LogP contribution in [-0.2, 0) is 0 Å². The van der Waals surface area contributed by atoms with Gasteiger partial charge in [-0.05, 0) is 12.8 Å². The summed E-state index contributed by atoms with van der Waals surface area (Å²) in [5.41, 5.74) is 0. The molecule has 0 aromatic rings. The van der Waals surface area contributed by atoms with Gasteiger partial charge in [0.05, 0.1) is 0 Å². The molecule has 15 heteroatoms. The Balaban J connectivity index is 0. The molecule has 0 aromatic heterocycles. The molecule has 0 bridgehead atoms. The van der Waals surface area contributed by atoms with Gasteiger partial charge < -0.3 is 0 Å². The smallest absolute Gasteiger partial charge is 0.200 e. The van der Waals surface area contributed by atoms with E-state index < -0.39 is 57.0 Å². The molecule has 1 atom stereocenters. The van der Waals surface area contributed by atoms with Gasteiger partial charge in [0.15, 0.2) is 0 Å². The first-order valence-electron chi connectivity index (χ1n) is 5.41. The van der Waals surface area contributed by atoms with Gasteiger partial charge in [-0.15, -0.1) is 32.6 Å². The summed E-state index contributed by atoms with van der Waals surface area (Å²) in [6, 6.07) is 0. The van der Waals surface area contributed by atoms with E-state index in [0.717, 1.165) is 6.66 Å². The Morgan fingerprint density at radius 3 is 1.21 bits per heavy atom. The maximum Gasteiger partial charge on any atom is 0.460 e. The van der Waals surface area contributed by atoms with Crippen molar-refractivity contribution in [2.24, 2.45) is 0 Å². The molecule has 0 saturated carbocycles. The van der Waals surface area contributed by atoms with Crippen LogP contribution >= 0.6 is 32.6 Å². The molecule has 0 radical (unpaired) electrons. The van der Waals surface area contributed by atoms with Gasteiger partial charge >= 0.3 is 35.8 Å². The van der Waals surface area contributed by atoms with Crippen molar-refractivity contribution in [3.63, 3.8) is 0 Å². The summed E-state index contributed by atoms with van der Waals surface area (Å²) < 4.78 is 164. The summed E-state index contributed by atoms with van der Waals surface area (Å²) in [6.07, 6.45) is -10.3. The second-order valence-electron chi connectivity index (χ2n) is 4.35. The van der Waals surface area contributed by atoms with Crippen molar-refractivity contribution in [2.45, 2.75) is 42.2 Å². The predicted molar refractivity (Wildman–Crippen MR) is 69.9 cm³/mol. The summed E-state index contributed by atoms with van der Waals surface area (Å²) in [5.74, 6) is -36.2. The fraction of sp³-hybridized carbons (Fsp3) is 1.00. The molecule has 0 aliphatic carbocycles. The van der Waals surface area contributed by atoms with E-state index in [-0.39, 0.29) is 24.0 Å². The summed E-state index contributed by atoms with van der Waals surface area (Å²) in [4.78, 5) is 0. The van der Waals surface area contributed by atoms with E-state index in [1.807, 2.05) is 0 Å². The van der Waals surface area contributed by atoms with Crippen LogP contribution in [0.4, 0.5) is 57.1 Å². The SMILES string of the molecule is CPCCC(F)(F)C(F)(F)C(F)(F)C(F)(F)C(F)(F)C(F)(F)F.I. The highest BCUT2D eigenvalue weighted by Crippen LogP contribution is 2.60. The number of halogens is 14. The van der Waals surface area contributed by atoms with Gasteiger partial charge in [0, 0.05) is 6.42 Å². The van der Waals surface area contributed by atoms with E-state index in [0.29, 0.717) is 0 Å². The van der Waals surface area contributed by atoms with Gasteiger partial charge in [-0.3, -0.25) is 0 Å². The summed E-state index contributed by atoms with van der Waals surface area (Å²) >= 11 is 0. The topological polar surface area (TPSA) is 0 Å². The van der Waals surface area contributed by atoms with Crippen molar-refractivity contribution < 1.29 is 57.1 Å². The normalized spacial score (nSPS) is 15.8. The highest BCUT2D eigenvalue weighted by molar-refractivity contribution is 14.0. The minimum absolute atomic E-state index is 0. The number of hydrogen-bond acceptors (Lipinski definition) is 0. The number of rotatable bonds is 7. The van der Waals surface area contributed by atoms with E-state index >= 15 is 0 Å². The molecule has 0 spiro atoms. The quantitative estimate of drug-likeness (QED) is 0.218. The molecule has 0 aromatic carbocycles. The van der Waals surface area contributed by atoms with Crippen LogP contribution in [0.15, 0.2) is 0 Å². The van der Waals surface area contributed by atoms with Crippen LogP contribution < -0.4 is 0 Å². The lowest BCUT2D eigenvalue weighted by molar-refractivity contribution is -0.439. The second kappa shape index (κ2) is 7.47. The minimum atomic E-state index is -7.81. The van der Waals surface area contributed by atoms with Gasteiger partial charge in [-0.2, -0.15) is 57.1 Å². The summed E-state index contributed by atoms with van der Waals surface area (Å²) in [6.45, 7) is 1.15. The molecule has 148 valence electrons. The Morgan fingerprint density at radius 2 is 0.917 bits per heavy atom. The fourth-order valence-electron chi connectivity index (χ4n) is 1.24. The van der Waals surface area contributed by atoms with Crippen LogP contribution in [0, 0.1) is 0 Å². The minimum Gasteiger partial charge on any atom is -0.200 e. The van der Waals surface area contributed by atoms with E-state index in [4.69, 9.17) is 0 Å². The van der Waals surface area contributed by atoms with Crippen LogP contribution in [0.1, 0.15) is 6.42 Å². The molecule has 0 heterocycles. The van der Waals surface area contributed by atoms with Crippen molar-refractivity contribution in [3.05, 3.63) is 0 Å². The van der Waals surface area contributed by atoms with Crippen molar-refractivity contribution in [1.29, 1.82) is 0 Å². The Kier molecular flexibility index (Phi) is 8.24. The first-order chi connectivity index (χ1) is 9.81. The standard InChI is InChI=1S/C9H8F13P.HI/c1-23-3-2-4(10,11)5(12,13)6(14,15)7(16,17)8(18,19)9(20,21)22;/h23H,2-3H2,1H3;1H. The van der Waals surface area contributed by atoms with Crippen molar-refractivity contribution in [3.8, 4) is 0 Å². The van der Waals surface area contributed by atoms with Crippen LogP contribution in [0.3, 0.4) is 0 Å². The average molecular weight is 522 g/mol. The molecule has 0 amide bonds. The Labute approximate surface area is 145 Å². The second-order valence-corrected chi connectivity index (χ2v) is 5.56. The van der Waals surface area contributed by atoms with Crippen molar-refractivity contribution in [2.75, 3.05) is 12.8 Å². The van der Waals surface area contributed by atoms with Gasteiger partial charge in [0.1, 0.15) is 0 Å². The molecule has 0 saturated heterocycles. The van der Waals surface area contributed by atoms with Gasteiger partial charge in [0.2, 0.25) is 0 Å². The first-order valence-corrected chi connectivity index (χ1v) is 7.12. The van der Waals surface area contributed by atoms with Crippen LogP contribution in [0.2, 0.25) is 0 Å². The Morgan fingerprint density at radius 1 is 0.583 bits per heavy atom. The zero-order valence-corrected chi connectivity index (χ0v) is 14.6. The third-order valence-electron chi connectivity index (χ3n) is 2.69. The van der Waals surface area contributed by atoms with E-state index in [9.17, 15) is 57.1 Å². The molecule has 1 unspecified atom stereocenters. The molecule has 0 rings (SSSR count). The third kappa shape index (κ3) is 3.98. The lowest BCUT2D eigenvalue weighted by Gasteiger charge is -2.39. The van der Waals surface area contributed by atoms with Crippen LogP contribution in [0.25, 0.3) is 0 Å². The first kappa shape index (κ1) is 26.5. The molecular weight excluding hydrogens is 513 g/mol. The van der Waals surface area contributed by atoms with Gasteiger partial charge in [-0.25, -0.2) is 0 Å². The largest absolute Gasteiger partial charge is 0.460 e. The predicted octanol–water partition coefficient (Wildman–Crippen LogP) is 6.04. The van der Waals surface area contributed by atoms with Crippen LogP contribution in [-0.4, -0.2) is 48.6 Å².